The molecule has 100 valence electrons. The molecular formula is C15H22FNO. The van der Waals surface area contributed by atoms with Gasteiger partial charge in [-0.15, -0.1) is 0 Å². The standard InChI is InChI=1S/C15H22FNO/c1-2-12-5-3-4-6-14(12)17-10-11-7-8-15(18)13(16)9-11/h7-9,12,14,17-18H,2-6,10H2,1H3. The SMILES string of the molecule is CCC1CCCCC1NCc1ccc(O)c(F)c1. The highest BCUT2D eigenvalue weighted by Crippen LogP contribution is 2.27. The molecule has 1 saturated carbocycles. The van der Waals surface area contributed by atoms with Gasteiger partial charge in [-0.25, -0.2) is 4.39 Å². The van der Waals surface area contributed by atoms with Crippen molar-refractivity contribution in [1.29, 1.82) is 0 Å². The van der Waals surface area contributed by atoms with Gasteiger partial charge in [0, 0.05) is 12.6 Å². The van der Waals surface area contributed by atoms with Crippen molar-refractivity contribution in [3.63, 3.8) is 0 Å². The zero-order chi connectivity index (χ0) is 13.0. The second kappa shape index (κ2) is 6.19. The number of hydrogen-bond acceptors (Lipinski definition) is 2. The molecule has 2 N–H and O–H groups in total. The number of halogens is 1. The van der Waals surface area contributed by atoms with Crippen LogP contribution in [0.2, 0.25) is 0 Å². The number of benzene rings is 1. The third kappa shape index (κ3) is 3.22. The molecule has 1 aromatic carbocycles. The largest absolute Gasteiger partial charge is 0.505 e. The molecule has 18 heavy (non-hydrogen) atoms. The third-order valence-electron chi connectivity index (χ3n) is 4.01. The highest BCUT2D eigenvalue weighted by Gasteiger charge is 2.22. The number of rotatable bonds is 4. The molecule has 0 spiro atoms. The average Bonchev–Trinajstić information content (AvgIpc) is 2.40. The minimum absolute atomic E-state index is 0.275. The quantitative estimate of drug-likeness (QED) is 0.857. The number of nitrogens with one attached hydrogen (secondary N) is 1. The van der Waals surface area contributed by atoms with Gasteiger partial charge in [0.15, 0.2) is 11.6 Å². The highest BCUT2D eigenvalue weighted by molar-refractivity contribution is 5.27. The van der Waals surface area contributed by atoms with Gasteiger partial charge in [-0.2, -0.15) is 0 Å². The second-order valence-electron chi connectivity index (χ2n) is 5.23. The van der Waals surface area contributed by atoms with Crippen LogP contribution >= 0.6 is 0 Å². The van der Waals surface area contributed by atoms with Gasteiger partial charge < -0.3 is 10.4 Å². The van der Waals surface area contributed by atoms with Crippen LogP contribution < -0.4 is 5.32 Å². The summed E-state index contributed by atoms with van der Waals surface area (Å²) in [5.41, 5.74) is 0.894. The minimum Gasteiger partial charge on any atom is -0.505 e. The summed E-state index contributed by atoms with van der Waals surface area (Å²) in [6, 6.07) is 5.16. The molecule has 0 bridgehead atoms. The van der Waals surface area contributed by atoms with Gasteiger partial charge in [-0.3, -0.25) is 0 Å². The first-order valence-corrected chi connectivity index (χ1v) is 6.91. The molecule has 0 heterocycles. The van der Waals surface area contributed by atoms with Gasteiger partial charge >= 0.3 is 0 Å². The third-order valence-corrected chi connectivity index (χ3v) is 4.01. The van der Waals surface area contributed by atoms with Crippen LogP contribution in [-0.4, -0.2) is 11.1 Å². The smallest absolute Gasteiger partial charge is 0.165 e. The molecule has 0 radical (unpaired) electrons. The molecule has 2 nitrogen and oxygen atoms in total. The van der Waals surface area contributed by atoms with E-state index >= 15 is 0 Å². The van der Waals surface area contributed by atoms with Gasteiger partial charge in [-0.05, 0) is 36.5 Å². The zero-order valence-electron chi connectivity index (χ0n) is 11.0. The Morgan fingerprint density at radius 3 is 2.83 bits per heavy atom. The van der Waals surface area contributed by atoms with Gasteiger partial charge in [0.05, 0.1) is 0 Å². The average molecular weight is 251 g/mol. The van der Waals surface area contributed by atoms with Crippen LogP contribution in [0.5, 0.6) is 5.75 Å². The first-order valence-electron chi connectivity index (χ1n) is 6.91. The summed E-state index contributed by atoms with van der Waals surface area (Å²) in [7, 11) is 0. The molecule has 2 unspecified atom stereocenters. The minimum atomic E-state index is -0.537. The lowest BCUT2D eigenvalue weighted by molar-refractivity contribution is 0.254. The predicted octanol–water partition coefficient (Wildman–Crippen LogP) is 3.59. The Labute approximate surface area is 108 Å². The van der Waals surface area contributed by atoms with Crippen LogP contribution in [0.1, 0.15) is 44.6 Å². The molecule has 2 atom stereocenters. The number of aromatic hydroxyl groups is 1. The monoisotopic (exact) mass is 251 g/mol. The van der Waals surface area contributed by atoms with Crippen molar-refractivity contribution in [3.05, 3.63) is 29.6 Å². The summed E-state index contributed by atoms with van der Waals surface area (Å²) in [6.07, 6.45) is 6.36. The van der Waals surface area contributed by atoms with Gasteiger partial charge in [0.25, 0.3) is 0 Å². The second-order valence-corrected chi connectivity index (χ2v) is 5.23. The molecule has 1 aromatic rings. The first kappa shape index (κ1) is 13.3. The maximum Gasteiger partial charge on any atom is 0.165 e. The summed E-state index contributed by atoms with van der Waals surface area (Å²) in [6.45, 7) is 2.92. The summed E-state index contributed by atoms with van der Waals surface area (Å²) < 4.78 is 13.2. The summed E-state index contributed by atoms with van der Waals surface area (Å²) in [5, 5.41) is 12.7. The molecular weight excluding hydrogens is 229 g/mol. The van der Waals surface area contributed by atoms with E-state index in [0.29, 0.717) is 12.6 Å². The molecule has 1 fully saturated rings. The van der Waals surface area contributed by atoms with Crippen molar-refractivity contribution in [2.75, 3.05) is 0 Å². The Bertz CT molecular complexity index is 394. The Hall–Kier alpha value is -1.09. The summed E-state index contributed by atoms with van der Waals surface area (Å²) in [5.74, 6) is -0.0615. The molecule has 0 amide bonds. The fourth-order valence-electron chi connectivity index (χ4n) is 2.87. The molecule has 2 rings (SSSR count). The van der Waals surface area contributed by atoms with E-state index in [9.17, 15) is 4.39 Å². The topological polar surface area (TPSA) is 32.3 Å². The van der Waals surface area contributed by atoms with Crippen LogP contribution in [0.4, 0.5) is 4.39 Å². The van der Waals surface area contributed by atoms with Crippen LogP contribution in [-0.2, 0) is 6.54 Å². The lowest BCUT2D eigenvalue weighted by Gasteiger charge is -2.31. The van der Waals surface area contributed by atoms with Crippen LogP contribution in [0.3, 0.4) is 0 Å². The van der Waals surface area contributed by atoms with Crippen LogP contribution in [0.25, 0.3) is 0 Å². The van der Waals surface area contributed by atoms with Crippen LogP contribution in [0.15, 0.2) is 18.2 Å². The van der Waals surface area contributed by atoms with Crippen molar-refractivity contribution >= 4 is 0 Å². The van der Waals surface area contributed by atoms with E-state index in [1.54, 1.807) is 6.07 Å². The van der Waals surface area contributed by atoms with E-state index in [4.69, 9.17) is 5.11 Å². The van der Waals surface area contributed by atoms with E-state index in [2.05, 4.69) is 12.2 Å². The Morgan fingerprint density at radius 1 is 1.33 bits per heavy atom. The lowest BCUT2D eigenvalue weighted by atomic mass is 9.83. The van der Waals surface area contributed by atoms with Gasteiger partial charge in [-0.1, -0.05) is 32.3 Å². The van der Waals surface area contributed by atoms with E-state index in [0.717, 1.165) is 11.5 Å². The molecule has 0 aromatic heterocycles. The Balaban J connectivity index is 1.91. The Morgan fingerprint density at radius 2 is 2.11 bits per heavy atom. The molecule has 1 aliphatic carbocycles. The van der Waals surface area contributed by atoms with Crippen LogP contribution in [0, 0.1) is 11.7 Å². The normalized spacial score (nSPS) is 24.1. The maximum atomic E-state index is 13.2. The van der Waals surface area contributed by atoms with Crippen molar-refractivity contribution in [2.45, 2.75) is 51.6 Å². The molecule has 0 saturated heterocycles. The molecule has 0 aliphatic heterocycles. The number of phenolic OH excluding ortho intramolecular Hbond substituents is 1. The van der Waals surface area contributed by atoms with Gasteiger partial charge in [0.1, 0.15) is 0 Å². The fraction of sp³-hybridized carbons (Fsp3) is 0.600. The van der Waals surface area contributed by atoms with Crippen molar-refractivity contribution in [1.82, 2.24) is 5.32 Å². The molecule has 1 aliphatic rings. The van der Waals surface area contributed by atoms with Crippen molar-refractivity contribution < 1.29 is 9.50 Å². The predicted molar refractivity (Wildman–Crippen MR) is 70.9 cm³/mol. The first-order chi connectivity index (χ1) is 8.70. The van der Waals surface area contributed by atoms with Crippen molar-refractivity contribution in [3.8, 4) is 5.75 Å². The van der Waals surface area contributed by atoms with Crippen molar-refractivity contribution in [2.24, 2.45) is 5.92 Å². The fourth-order valence-corrected chi connectivity index (χ4v) is 2.87. The Kier molecular flexibility index (Phi) is 4.59. The van der Waals surface area contributed by atoms with E-state index in [1.165, 1.54) is 44.2 Å². The summed E-state index contributed by atoms with van der Waals surface area (Å²) >= 11 is 0. The van der Waals surface area contributed by atoms with Gasteiger partial charge in [0.2, 0.25) is 0 Å². The highest BCUT2D eigenvalue weighted by atomic mass is 19.1. The molecule has 3 heteroatoms. The van der Waals surface area contributed by atoms with E-state index < -0.39 is 5.82 Å². The maximum absolute atomic E-state index is 13.2. The van der Waals surface area contributed by atoms with E-state index in [-0.39, 0.29) is 5.75 Å². The lowest BCUT2D eigenvalue weighted by Crippen LogP contribution is -2.37. The van der Waals surface area contributed by atoms with E-state index in [1.807, 2.05) is 0 Å². The summed E-state index contributed by atoms with van der Waals surface area (Å²) in [4.78, 5) is 0. The number of phenols is 1. The zero-order valence-corrected chi connectivity index (χ0v) is 11.0. The number of hydrogen-bond donors (Lipinski definition) is 2.